The third kappa shape index (κ3) is 3.16. The Balaban J connectivity index is 1.40. The van der Waals surface area contributed by atoms with E-state index in [1.54, 1.807) is 0 Å². The van der Waals surface area contributed by atoms with Crippen molar-refractivity contribution in [3.8, 4) is 11.5 Å². The second kappa shape index (κ2) is 7.35. The number of piperidine rings is 1. The molecule has 6 heteroatoms. The molecule has 1 fully saturated rings. The molecule has 2 aromatic carbocycles. The van der Waals surface area contributed by atoms with E-state index in [-0.39, 0.29) is 17.9 Å². The molecule has 1 aliphatic carbocycles. The van der Waals surface area contributed by atoms with Crippen LogP contribution in [-0.4, -0.2) is 47.8 Å². The molecule has 0 aromatic heterocycles. The molecule has 1 amide bonds. The van der Waals surface area contributed by atoms with Crippen LogP contribution in [0.2, 0.25) is 0 Å². The molecule has 4 unspecified atom stereocenters. The zero-order chi connectivity index (χ0) is 20.0. The quantitative estimate of drug-likeness (QED) is 0.833. The number of hydrogen-bond acceptors (Lipinski definition) is 5. The number of benzene rings is 2. The molecule has 3 aliphatic rings. The summed E-state index contributed by atoms with van der Waals surface area (Å²) in [5.41, 5.74) is 9.04. The van der Waals surface area contributed by atoms with Crippen LogP contribution in [0.15, 0.2) is 42.5 Å². The van der Waals surface area contributed by atoms with Crippen molar-refractivity contribution in [2.75, 3.05) is 19.8 Å². The average molecular weight is 394 g/mol. The predicted octanol–water partition coefficient (Wildman–Crippen LogP) is 2.15. The number of amides is 1. The Morgan fingerprint density at radius 1 is 1.07 bits per heavy atom. The summed E-state index contributed by atoms with van der Waals surface area (Å²) in [6.07, 6.45) is 1.65. The standard InChI is InChI=1S/C23H26N2O4/c24-23(27)19-13-15(17-6-3-7-20-22(17)29-11-10-28-20)8-9-25(19)18-12-14-4-1-2-5-16(14)21(18)26/h1-7,15,18-19,21,26H,8-13H2,(H2,24,27). The summed E-state index contributed by atoms with van der Waals surface area (Å²) >= 11 is 0. The van der Waals surface area contributed by atoms with E-state index in [1.165, 1.54) is 0 Å². The van der Waals surface area contributed by atoms with E-state index >= 15 is 0 Å². The number of aliphatic hydroxyl groups excluding tert-OH is 1. The van der Waals surface area contributed by atoms with Crippen molar-refractivity contribution < 1.29 is 19.4 Å². The number of fused-ring (bicyclic) bond motifs is 2. The second-order valence-electron chi connectivity index (χ2n) is 8.16. The maximum Gasteiger partial charge on any atom is 0.234 e. The van der Waals surface area contributed by atoms with Gasteiger partial charge in [0.2, 0.25) is 5.91 Å². The Bertz CT molecular complexity index is 931. The maximum absolute atomic E-state index is 12.4. The van der Waals surface area contributed by atoms with Crippen molar-refractivity contribution in [2.45, 2.75) is 43.4 Å². The van der Waals surface area contributed by atoms with E-state index in [4.69, 9.17) is 15.2 Å². The van der Waals surface area contributed by atoms with Gasteiger partial charge in [0.1, 0.15) is 13.2 Å². The number of carbonyl (C=O) groups is 1. The number of rotatable bonds is 3. The summed E-state index contributed by atoms with van der Waals surface area (Å²) < 4.78 is 11.6. The zero-order valence-electron chi connectivity index (χ0n) is 16.3. The minimum absolute atomic E-state index is 0.116. The minimum Gasteiger partial charge on any atom is -0.486 e. The third-order valence-corrected chi connectivity index (χ3v) is 6.60. The minimum atomic E-state index is -0.592. The van der Waals surface area contributed by atoms with Crippen LogP contribution in [0, 0.1) is 0 Å². The van der Waals surface area contributed by atoms with Crippen LogP contribution < -0.4 is 15.2 Å². The van der Waals surface area contributed by atoms with Crippen LogP contribution in [0.25, 0.3) is 0 Å². The molecular formula is C23H26N2O4. The maximum atomic E-state index is 12.4. The normalized spacial score (nSPS) is 28.7. The SMILES string of the molecule is NC(=O)C1CC(c2cccc3c2OCCO3)CCN1C1Cc2ccccc2C1O. The second-order valence-corrected chi connectivity index (χ2v) is 8.16. The number of para-hydroxylation sites is 1. The molecule has 0 saturated carbocycles. The number of hydrogen-bond donors (Lipinski definition) is 2. The van der Waals surface area contributed by atoms with Gasteiger partial charge in [-0.1, -0.05) is 36.4 Å². The van der Waals surface area contributed by atoms with Gasteiger partial charge in [-0.25, -0.2) is 0 Å². The van der Waals surface area contributed by atoms with E-state index in [1.807, 2.05) is 30.3 Å². The van der Waals surface area contributed by atoms with Gasteiger partial charge in [0.05, 0.1) is 12.1 Å². The summed E-state index contributed by atoms with van der Waals surface area (Å²) in [4.78, 5) is 14.5. The lowest BCUT2D eigenvalue weighted by molar-refractivity contribution is -0.127. The van der Waals surface area contributed by atoms with Crippen LogP contribution in [-0.2, 0) is 11.2 Å². The topological polar surface area (TPSA) is 85.0 Å². The van der Waals surface area contributed by atoms with Crippen molar-refractivity contribution in [2.24, 2.45) is 5.73 Å². The van der Waals surface area contributed by atoms with Crippen LogP contribution in [0.4, 0.5) is 0 Å². The number of nitrogens with zero attached hydrogens (tertiary/aromatic N) is 1. The van der Waals surface area contributed by atoms with Crippen molar-refractivity contribution in [1.82, 2.24) is 4.90 Å². The van der Waals surface area contributed by atoms with Crippen LogP contribution in [0.3, 0.4) is 0 Å². The molecule has 2 heterocycles. The molecule has 0 spiro atoms. The highest BCUT2D eigenvalue weighted by Crippen LogP contribution is 2.44. The van der Waals surface area contributed by atoms with E-state index in [2.05, 4.69) is 17.0 Å². The van der Waals surface area contributed by atoms with Crippen LogP contribution in [0.5, 0.6) is 11.5 Å². The number of likely N-dealkylation sites (tertiary alicyclic amines) is 1. The van der Waals surface area contributed by atoms with Gasteiger partial charge < -0.3 is 20.3 Å². The molecular weight excluding hydrogens is 368 g/mol. The van der Waals surface area contributed by atoms with E-state index in [9.17, 15) is 9.90 Å². The van der Waals surface area contributed by atoms with Gasteiger partial charge in [-0.2, -0.15) is 0 Å². The number of primary amides is 1. The van der Waals surface area contributed by atoms with Crippen LogP contribution >= 0.6 is 0 Å². The number of nitrogens with two attached hydrogens (primary N) is 1. The largest absolute Gasteiger partial charge is 0.486 e. The van der Waals surface area contributed by atoms with Gasteiger partial charge in [-0.3, -0.25) is 9.69 Å². The van der Waals surface area contributed by atoms with Gasteiger partial charge in [0.15, 0.2) is 11.5 Å². The predicted molar refractivity (Wildman–Crippen MR) is 108 cm³/mol. The number of ether oxygens (including phenoxy) is 2. The van der Waals surface area contributed by atoms with Crippen molar-refractivity contribution >= 4 is 5.91 Å². The lowest BCUT2D eigenvalue weighted by Crippen LogP contribution is -2.54. The summed E-state index contributed by atoms with van der Waals surface area (Å²) in [5.74, 6) is 1.41. The first kappa shape index (κ1) is 18.5. The highest BCUT2D eigenvalue weighted by Gasteiger charge is 2.43. The van der Waals surface area contributed by atoms with Crippen LogP contribution in [0.1, 0.15) is 41.6 Å². The Morgan fingerprint density at radius 3 is 2.69 bits per heavy atom. The molecule has 3 N–H and O–H groups in total. The fraction of sp³-hybridized carbons (Fsp3) is 0.435. The van der Waals surface area contributed by atoms with Crippen molar-refractivity contribution in [3.05, 3.63) is 59.2 Å². The first-order valence-electron chi connectivity index (χ1n) is 10.3. The lowest BCUT2D eigenvalue weighted by atomic mass is 9.83. The Hall–Kier alpha value is -2.57. The molecule has 0 bridgehead atoms. The third-order valence-electron chi connectivity index (χ3n) is 6.60. The van der Waals surface area contributed by atoms with E-state index in [0.717, 1.165) is 41.0 Å². The molecule has 2 aromatic rings. The molecule has 2 aliphatic heterocycles. The number of carbonyl (C=O) groups excluding carboxylic acids is 1. The average Bonchev–Trinajstić information content (AvgIpc) is 3.09. The Morgan fingerprint density at radius 2 is 1.86 bits per heavy atom. The van der Waals surface area contributed by atoms with E-state index < -0.39 is 12.1 Å². The molecule has 4 atom stereocenters. The molecule has 1 saturated heterocycles. The Kier molecular flexibility index (Phi) is 4.68. The molecule has 0 radical (unpaired) electrons. The van der Waals surface area contributed by atoms with Crippen molar-refractivity contribution in [1.29, 1.82) is 0 Å². The molecule has 5 rings (SSSR count). The van der Waals surface area contributed by atoms with Gasteiger partial charge in [-0.05, 0) is 48.9 Å². The fourth-order valence-corrected chi connectivity index (χ4v) is 5.21. The summed E-state index contributed by atoms with van der Waals surface area (Å²) in [7, 11) is 0. The molecule has 29 heavy (non-hydrogen) atoms. The fourth-order valence-electron chi connectivity index (χ4n) is 5.21. The highest BCUT2D eigenvalue weighted by molar-refractivity contribution is 5.80. The first-order valence-corrected chi connectivity index (χ1v) is 10.3. The highest BCUT2D eigenvalue weighted by atomic mass is 16.6. The summed E-state index contributed by atoms with van der Waals surface area (Å²) in [6.45, 7) is 1.80. The van der Waals surface area contributed by atoms with E-state index in [0.29, 0.717) is 26.2 Å². The Labute approximate surface area is 170 Å². The van der Waals surface area contributed by atoms with Gasteiger partial charge in [0.25, 0.3) is 0 Å². The lowest BCUT2D eigenvalue weighted by Gasteiger charge is -2.42. The first-order chi connectivity index (χ1) is 14.1. The number of aliphatic hydroxyl groups is 1. The monoisotopic (exact) mass is 394 g/mol. The molecule has 6 nitrogen and oxygen atoms in total. The zero-order valence-corrected chi connectivity index (χ0v) is 16.3. The molecule has 152 valence electrons. The van der Waals surface area contributed by atoms with Gasteiger partial charge >= 0.3 is 0 Å². The summed E-state index contributed by atoms with van der Waals surface area (Å²) in [5, 5.41) is 10.9. The smallest absolute Gasteiger partial charge is 0.234 e. The van der Waals surface area contributed by atoms with Crippen molar-refractivity contribution in [3.63, 3.8) is 0 Å². The van der Waals surface area contributed by atoms with Gasteiger partial charge in [0, 0.05) is 11.6 Å². The van der Waals surface area contributed by atoms with Gasteiger partial charge in [-0.15, -0.1) is 0 Å². The summed E-state index contributed by atoms with van der Waals surface area (Å²) in [6, 6.07) is 13.4.